The van der Waals surface area contributed by atoms with Crippen LogP contribution in [-0.2, 0) is 4.74 Å². The Hall–Kier alpha value is -1.24. The van der Waals surface area contributed by atoms with E-state index in [2.05, 4.69) is 6.07 Å². The van der Waals surface area contributed by atoms with Crippen molar-refractivity contribution < 1.29 is 9.53 Å². The lowest BCUT2D eigenvalue weighted by Gasteiger charge is -2.38. The summed E-state index contributed by atoms with van der Waals surface area (Å²) in [5.41, 5.74) is -0.500. The minimum absolute atomic E-state index is 0.0546. The van der Waals surface area contributed by atoms with Crippen LogP contribution in [0.25, 0.3) is 0 Å². The van der Waals surface area contributed by atoms with E-state index in [4.69, 9.17) is 10.00 Å². The van der Waals surface area contributed by atoms with E-state index in [-0.39, 0.29) is 17.6 Å². The molecule has 0 aromatic carbocycles. The van der Waals surface area contributed by atoms with Crippen molar-refractivity contribution in [3.05, 3.63) is 0 Å². The maximum atomic E-state index is 12.1. The molecule has 1 aliphatic heterocycles. The first kappa shape index (κ1) is 12.2. The summed E-state index contributed by atoms with van der Waals surface area (Å²) < 4.78 is 5.43. The average Bonchev–Trinajstić information content (AvgIpc) is 2.95. The van der Waals surface area contributed by atoms with E-state index in [1.165, 1.54) is 0 Å². The molecule has 0 aromatic rings. The summed E-state index contributed by atoms with van der Waals surface area (Å²) in [6.45, 7) is 6.30. The van der Waals surface area contributed by atoms with E-state index in [9.17, 15) is 4.79 Å². The van der Waals surface area contributed by atoms with Gasteiger partial charge in [-0.2, -0.15) is 5.26 Å². The van der Waals surface area contributed by atoms with Crippen LogP contribution in [0.5, 0.6) is 0 Å². The van der Waals surface area contributed by atoms with Crippen LogP contribution in [0.3, 0.4) is 0 Å². The second kappa shape index (κ2) is 3.90. The van der Waals surface area contributed by atoms with Crippen LogP contribution >= 0.6 is 0 Å². The molecule has 0 N–H and O–H groups in total. The van der Waals surface area contributed by atoms with Crippen molar-refractivity contribution in [2.24, 2.45) is 5.92 Å². The van der Waals surface area contributed by atoms with E-state index < -0.39 is 5.60 Å². The van der Waals surface area contributed by atoms with Crippen molar-refractivity contribution in [3.8, 4) is 6.07 Å². The highest BCUT2D eigenvalue weighted by atomic mass is 16.6. The molecular formula is C13H20N2O2. The number of nitrogens with zero attached hydrogens (tertiary/aromatic N) is 2. The van der Waals surface area contributed by atoms with Crippen LogP contribution in [0, 0.1) is 17.2 Å². The molecular weight excluding hydrogens is 216 g/mol. The van der Waals surface area contributed by atoms with Crippen LogP contribution in [0.4, 0.5) is 4.79 Å². The van der Waals surface area contributed by atoms with Crippen molar-refractivity contribution in [3.63, 3.8) is 0 Å². The lowest BCUT2D eigenvalue weighted by atomic mass is 9.90. The number of ether oxygens (including phenoxy) is 1. The monoisotopic (exact) mass is 236 g/mol. The highest BCUT2D eigenvalue weighted by molar-refractivity contribution is 5.70. The molecule has 2 aliphatic rings. The second-order valence-corrected chi connectivity index (χ2v) is 6.18. The van der Waals surface area contributed by atoms with Crippen molar-refractivity contribution in [1.29, 1.82) is 5.26 Å². The fourth-order valence-electron chi connectivity index (χ4n) is 2.52. The summed E-state index contributed by atoms with van der Waals surface area (Å²) in [5, 5.41) is 8.98. The molecule has 1 saturated heterocycles. The molecule has 1 amide bonds. The summed E-state index contributed by atoms with van der Waals surface area (Å²) >= 11 is 0. The van der Waals surface area contributed by atoms with E-state index in [1.807, 2.05) is 25.7 Å². The summed E-state index contributed by atoms with van der Waals surface area (Å²) in [7, 11) is 0. The number of carbonyl (C=O) groups excluding carboxylic acids is 1. The highest BCUT2D eigenvalue weighted by Crippen LogP contribution is 2.50. The Labute approximate surface area is 103 Å². The molecule has 1 aliphatic carbocycles. The van der Waals surface area contributed by atoms with Crippen molar-refractivity contribution in [2.45, 2.75) is 57.6 Å². The van der Waals surface area contributed by atoms with Crippen LogP contribution < -0.4 is 0 Å². The third-order valence-electron chi connectivity index (χ3n) is 3.52. The molecule has 2 fully saturated rings. The Morgan fingerprint density at radius 1 is 1.47 bits per heavy atom. The molecule has 1 unspecified atom stereocenters. The first-order chi connectivity index (χ1) is 7.86. The molecule has 0 bridgehead atoms. The first-order valence-electron chi connectivity index (χ1n) is 6.27. The van der Waals surface area contributed by atoms with Gasteiger partial charge < -0.3 is 9.64 Å². The molecule has 2 rings (SSSR count). The Balaban J connectivity index is 2.03. The molecule has 1 atom stereocenters. The van der Waals surface area contributed by atoms with Crippen LogP contribution in [-0.4, -0.2) is 28.7 Å². The van der Waals surface area contributed by atoms with E-state index in [1.54, 1.807) is 0 Å². The van der Waals surface area contributed by atoms with Gasteiger partial charge in [0, 0.05) is 12.1 Å². The molecule has 1 saturated carbocycles. The smallest absolute Gasteiger partial charge is 0.410 e. The van der Waals surface area contributed by atoms with Gasteiger partial charge in [-0.1, -0.05) is 0 Å². The summed E-state index contributed by atoms with van der Waals surface area (Å²) in [4.78, 5) is 13.9. The van der Waals surface area contributed by atoms with Gasteiger partial charge >= 0.3 is 6.09 Å². The fourth-order valence-corrected chi connectivity index (χ4v) is 2.52. The number of piperidine rings is 1. The number of hydrogen-bond acceptors (Lipinski definition) is 3. The zero-order valence-electron chi connectivity index (χ0n) is 10.8. The predicted octanol–water partition coefficient (Wildman–Crippen LogP) is 2.69. The van der Waals surface area contributed by atoms with Crippen molar-refractivity contribution in [2.75, 3.05) is 6.54 Å². The van der Waals surface area contributed by atoms with Gasteiger partial charge in [0.05, 0.1) is 12.0 Å². The Morgan fingerprint density at radius 2 is 2.12 bits per heavy atom. The Bertz CT molecular complexity index is 361. The lowest BCUT2D eigenvalue weighted by molar-refractivity contribution is 0.00263. The third kappa shape index (κ3) is 2.54. The summed E-state index contributed by atoms with van der Waals surface area (Å²) in [6.07, 6.45) is 3.42. The molecule has 17 heavy (non-hydrogen) atoms. The minimum Gasteiger partial charge on any atom is -0.444 e. The molecule has 0 radical (unpaired) electrons. The van der Waals surface area contributed by atoms with Crippen LogP contribution in [0.1, 0.15) is 46.5 Å². The molecule has 94 valence electrons. The number of nitriles is 1. The summed E-state index contributed by atoms with van der Waals surface area (Å²) in [6, 6.07) is 2.33. The average molecular weight is 236 g/mol. The highest BCUT2D eigenvalue weighted by Gasteiger charge is 2.54. The van der Waals surface area contributed by atoms with E-state index in [0.29, 0.717) is 6.54 Å². The normalized spacial score (nSPS) is 26.5. The number of hydrogen-bond donors (Lipinski definition) is 0. The lowest BCUT2D eigenvalue weighted by Crippen LogP contribution is -2.49. The quantitative estimate of drug-likeness (QED) is 0.649. The predicted molar refractivity (Wildman–Crippen MR) is 63.2 cm³/mol. The first-order valence-corrected chi connectivity index (χ1v) is 6.27. The zero-order chi connectivity index (χ0) is 12.7. The van der Waals surface area contributed by atoms with Crippen molar-refractivity contribution in [1.82, 2.24) is 4.90 Å². The Morgan fingerprint density at radius 3 is 2.59 bits per heavy atom. The molecule has 1 spiro atoms. The van der Waals surface area contributed by atoms with Gasteiger partial charge in [0.25, 0.3) is 0 Å². The van der Waals surface area contributed by atoms with Crippen molar-refractivity contribution >= 4 is 6.09 Å². The number of amides is 1. The SMILES string of the molecule is CC(C)(C)OC(=O)N1CCC(C#N)CC12CC2. The van der Waals surface area contributed by atoms with Crippen LogP contribution in [0.15, 0.2) is 0 Å². The maximum absolute atomic E-state index is 12.1. The molecule has 4 heteroatoms. The van der Waals surface area contributed by atoms with Gasteiger partial charge in [0.2, 0.25) is 0 Å². The third-order valence-corrected chi connectivity index (χ3v) is 3.52. The molecule has 4 nitrogen and oxygen atoms in total. The summed E-state index contributed by atoms with van der Waals surface area (Å²) in [5.74, 6) is 0.108. The standard InChI is InChI=1S/C13H20N2O2/c1-12(2,3)17-11(16)15-7-4-10(9-14)8-13(15)5-6-13/h10H,4-8H2,1-3H3. The topological polar surface area (TPSA) is 53.3 Å². The maximum Gasteiger partial charge on any atom is 0.410 e. The van der Waals surface area contributed by atoms with Gasteiger partial charge in [0.15, 0.2) is 0 Å². The number of rotatable bonds is 0. The zero-order valence-corrected chi connectivity index (χ0v) is 10.8. The Kier molecular flexibility index (Phi) is 2.81. The number of likely N-dealkylation sites (tertiary alicyclic amines) is 1. The largest absolute Gasteiger partial charge is 0.444 e. The van der Waals surface area contributed by atoms with E-state index in [0.717, 1.165) is 25.7 Å². The van der Waals surface area contributed by atoms with Gasteiger partial charge in [-0.05, 0) is 46.5 Å². The molecule has 1 heterocycles. The van der Waals surface area contributed by atoms with Gasteiger partial charge in [-0.3, -0.25) is 0 Å². The van der Waals surface area contributed by atoms with Gasteiger partial charge in [-0.15, -0.1) is 0 Å². The minimum atomic E-state index is -0.445. The second-order valence-electron chi connectivity index (χ2n) is 6.18. The molecule has 0 aromatic heterocycles. The van der Waals surface area contributed by atoms with E-state index >= 15 is 0 Å². The van der Waals surface area contributed by atoms with Crippen LogP contribution in [0.2, 0.25) is 0 Å². The number of carbonyl (C=O) groups is 1. The fraction of sp³-hybridized carbons (Fsp3) is 0.846. The van der Waals surface area contributed by atoms with Gasteiger partial charge in [-0.25, -0.2) is 4.79 Å². The van der Waals surface area contributed by atoms with Gasteiger partial charge in [0.1, 0.15) is 5.60 Å².